The molecule has 2 aromatic rings. The Hall–Kier alpha value is -3.20. The quantitative estimate of drug-likeness (QED) is 0.581. The van der Waals surface area contributed by atoms with Crippen LogP contribution in [0, 0.1) is 6.92 Å². The predicted octanol–water partition coefficient (Wildman–Crippen LogP) is 0.534. The monoisotopic (exact) mass is 512 g/mol. The van der Waals surface area contributed by atoms with E-state index in [-0.39, 0.29) is 22.4 Å². The van der Waals surface area contributed by atoms with Crippen LogP contribution in [0.15, 0.2) is 57.7 Å². The first kappa shape index (κ1) is 25.4. The molecule has 0 aliphatic carbocycles. The number of hydrogen-bond donors (Lipinski definition) is 2. The number of aryl methyl sites for hydroxylation is 1. The molecule has 4 N–H and O–H groups in total. The van der Waals surface area contributed by atoms with E-state index >= 15 is 0 Å². The fourth-order valence-corrected chi connectivity index (χ4v) is 4.80. The van der Waals surface area contributed by atoms with Crippen LogP contribution in [0.4, 0.5) is 0 Å². The van der Waals surface area contributed by atoms with Gasteiger partial charge in [-0.05, 0) is 40.5 Å². The van der Waals surface area contributed by atoms with Gasteiger partial charge in [0.05, 0.1) is 16.2 Å². The first-order chi connectivity index (χ1) is 16.1. The van der Waals surface area contributed by atoms with Gasteiger partial charge in [0.15, 0.2) is 13.2 Å². The Bertz CT molecular complexity index is 1310. The molecule has 2 aliphatic heterocycles. The lowest BCUT2D eigenvalue weighted by Crippen LogP contribution is -2.23. The molecular formula is C20H24N4O8S2. The molecule has 0 spiro atoms. The van der Waals surface area contributed by atoms with Gasteiger partial charge in [0.2, 0.25) is 20.0 Å². The summed E-state index contributed by atoms with van der Waals surface area (Å²) in [4.78, 5) is 9.79. The maximum atomic E-state index is 11.5. The SMILES string of the molecule is Cc1cccc(C2=NOCCO2)c1S(N)(=O)=O.NS(=O)(=O)Cc1ccccc1C1=NOCCO1. The van der Waals surface area contributed by atoms with Crippen LogP contribution in [0.5, 0.6) is 0 Å². The molecule has 0 atom stereocenters. The highest BCUT2D eigenvalue weighted by molar-refractivity contribution is 7.89. The van der Waals surface area contributed by atoms with E-state index < -0.39 is 20.0 Å². The summed E-state index contributed by atoms with van der Waals surface area (Å²) < 4.78 is 55.9. The summed E-state index contributed by atoms with van der Waals surface area (Å²) in [7, 11) is -7.42. The van der Waals surface area contributed by atoms with E-state index in [1.54, 1.807) is 49.4 Å². The molecule has 0 bridgehead atoms. The van der Waals surface area contributed by atoms with Crippen LogP contribution in [0.25, 0.3) is 0 Å². The molecule has 0 saturated heterocycles. The number of benzene rings is 2. The van der Waals surface area contributed by atoms with Crippen LogP contribution < -0.4 is 10.3 Å². The van der Waals surface area contributed by atoms with E-state index in [0.29, 0.717) is 48.7 Å². The highest BCUT2D eigenvalue weighted by Crippen LogP contribution is 2.21. The molecule has 2 heterocycles. The van der Waals surface area contributed by atoms with E-state index in [1.165, 1.54) is 0 Å². The van der Waals surface area contributed by atoms with Crippen LogP contribution >= 0.6 is 0 Å². The summed E-state index contributed by atoms with van der Waals surface area (Å²) >= 11 is 0. The van der Waals surface area contributed by atoms with Crippen molar-refractivity contribution in [2.75, 3.05) is 26.4 Å². The Balaban J connectivity index is 0.000000191. The molecule has 2 aliphatic rings. The fraction of sp³-hybridized carbons (Fsp3) is 0.300. The molecule has 12 nitrogen and oxygen atoms in total. The third kappa shape index (κ3) is 6.90. The van der Waals surface area contributed by atoms with Gasteiger partial charge in [-0.15, -0.1) is 0 Å². The molecule has 0 radical (unpaired) electrons. The van der Waals surface area contributed by atoms with E-state index in [1.807, 2.05) is 0 Å². The number of oxime groups is 2. The molecule has 34 heavy (non-hydrogen) atoms. The average molecular weight is 513 g/mol. The van der Waals surface area contributed by atoms with Crippen molar-refractivity contribution in [3.05, 3.63) is 64.7 Å². The van der Waals surface area contributed by atoms with Gasteiger partial charge in [-0.25, -0.2) is 27.1 Å². The Morgan fingerprint density at radius 3 is 1.88 bits per heavy atom. The lowest BCUT2D eigenvalue weighted by Gasteiger charge is -2.16. The third-order valence-electron chi connectivity index (χ3n) is 4.45. The molecule has 0 fully saturated rings. The molecule has 0 unspecified atom stereocenters. The average Bonchev–Trinajstić information content (AvgIpc) is 2.79. The lowest BCUT2D eigenvalue weighted by molar-refractivity contribution is 0.0653. The number of rotatable bonds is 5. The van der Waals surface area contributed by atoms with Gasteiger partial charge < -0.3 is 19.1 Å². The Morgan fingerprint density at radius 1 is 0.794 bits per heavy atom. The summed E-state index contributed by atoms with van der Waals surface area (Å²) in [5.41, 5.74) is 1.99. The Morgan fingerprint density at radius 2 is 1.35 bits per heavy atom. The number of sulfonamides is 2. The number of primary sulfonamides is 2. The first-order valence-corrected chi connectivity index (χ1v) is 13.2. The number of nitrogens with two attached hydrogens (primary N) is 2. The molecule has 14 heteroatoms. The summed E-state index contributed by atoms with van der Waals surface area (Å²) in [6.07, 6.45) is 0. The second-order valence-electron chi connectivity index (χ2n) is 7.12. The van der Waals surface area contributed by atoms with Crippen molar-refractivity contribution in [1.82, 2.24) is 0 Å². The van der Waals surface area contributed by atoms with Gasteiger partial charge >= 0.3 is 0 Å². The van der Waals surface area contributed by atoms with Crippen LogP contribution in [-0.2, 0) is 44.9 Å². The zero-order valence-electron chi connectivity index (χ0n) is 18.2. The van der Waals surface area contributed by atoms with Gasteiger partial charge in [-0.3, -0.25) is 0 Å². The second-order valence-corrected chi connectivity index (χ2v) is 10.2. The van der Waals surface area contributed by atoms with Crippen molar-refractivity contribution in [3.8, 4) is 0 Å². The summed E-state index contributed by atoms with van der Waals surface area (Å²) in [6, 6.07) is 11.8. The van der Waals surface area contributed by atoms with Gasteiger partial charge in [0.1, 0.15) is 13.2 Å². The van der Waals surface area contributed by atoms with Crippen LogP contribution in [0.2, 0.25) is 0 Å². The lowest BCUT2D eigenvalue weighted by atomic mass is 10.1. The number of nitrogens with zero attached hydrogens (tertiary/aromatic N) is 2. The Kier molecular flexibility index (Phi) is 8.09. The minimum Gasteiger partial charge on any atom is -0.471 e. The van der Waals surface area contributed by atoms with Crippen molar-refractivity contribution in [3.63, 3.8) is 0 Å². The summed E-state index contributed by atoms with van der Waals surface area (Å²) in [6.45, 7) is 3.12. The van der Waals surface area contributed by atoms with E-state index in [9.17, 15) is 16.8 Å². The Labute approximate surface area is 197 Å². The maximum Gasteiger partial charge on any atom is 0.259 e. The minimum absolute atomic E-state index is 0.0178. The van der Waals surface area contributed by atoms with Gasteiger partial charge in [-0.2, -0.15) is 0 Å². The molecule has 0 saturated carbocycles. The molecular weight excluding hydrogens is 488 g/mol. The molecule has 4 rings (SSSR count). The van der Waals surface area contributed by atoms with Crippen molar-refractivity contribution < 1.29 is 36.0 Å². The molecule has 2 aromatic carbocycles. The summed E-state index contributed by atoms with van der Waals surface area (Å²) in [5, 5.41) is 17.7. The summed E-state index contributed by atoms with van der Waals surface area (Å²) in [5.74, 6) is 0.172. The van der Waals surface area contributed by atoms with Crippen molar-refractivity contribution in [2.24, 2.45) is 20.6 Å². The van der Waals surface area contributed by atoms with Crippen LogP contribution in [0.3, 0.4) is 0 Å². The van der Waals surface area contributed by atoms with Crippen LogP contribution in [-0.4, -0.2) is 55.1 Å². The third-order valence-corrected chi connectivity index (χ3v) is 6.28. The molecule has 0 aromatic heterocycles. The highest BCUT2D eigenvalue weighted by atomic mass is 32.2. The normalized spacial score (nSPS) is 15.7. The number of hydrogen-bond acceptors (Lipinski definition) is 10. The zero-order chi connectivity index (χ0) is 24.8. The first-order valence-electron chi connectivity index (χ1n) is 9.93. The second kappa shape index (κ2) is 10.8. The molecule has 0 amide bonds. The molecule has 184 valence electrons. The topological polar surface area (TPSA) is 182 Å². The van der Waals surface area contributed by atoms with Crippen molar-refractivity contribution in [1.29, 1.82) is 0 Å². The standard InChI is InChI=1S/2C10H12N2O4S/c1-7-3-2-4-8(9(7)17(11,13)14)10-12-16-6-5-15-10;11-17(13,14)7-8-3-1-2-4-9(8)10-12-16-6-5-15-10/h2-4H,5-6H2,1H3,(H2,11,13,14);1-4H,5-7H2,(H2,11,13,14). The van der Waals surface area contributed by atoms with Gasteiger partial charge in [-0.1, -0.05) is 30.3 Å². The van der Waals surface area contributed by atoms with Gasteiger partial charge in [0, 0.05) is 5.56 Å². The van der Waals surface area contributed by atoms with E-state index in [4.69, 9.17) is 29.4 Å². The fourth-order valence-electron chi connectivity index (χ4n) is 3.14. The van der Waals surface area contributed by atoms with Crippen molar-refractivity contribution in [2.45, 2.75) is 17.6 Å². The zero-order valence-corrected chi connectivity index (χ0v) is 19.8. The maximum absolute atomic E-state index is 11.5. The predicted molar refractivity (Wildman–Crippen MR) is 123 cm³/mol. The van der Waals surface area contributed by atoms with Crippen LogP contribution in [0.1, 0.15) is 22.3 Å². The largest absolute Gasteiger partial charge is 0.471 e. The smallest absolute Gasteiger partial charge is 0.259 e. The van der Waals surface area contributed by atoms with Crippen molar-refractivity contribution >= 4 is 31.8 Å². The van der Waals surface area contributed by atoms with E-state index in [2.05, 4.69) is 10.3 Å². The minimum atomic E-state index is -3.83. The van der Waals surface area contributed by atoms with E-state index in [0.717, 1.165) is 0 Å². The van der Waals surface area contributed by atoms with Gasteiger partial charge in [0.25, 0.3) is 11.8 Å². The highest BCUT2D eigenvalue weighted by Gasteiger charge is 2.23. The number of ether oxygens (including phenoxy) is 2.